The first-order valence-electron chi connectivity index (χ1n) is 12.2. The number of aromatic nitrogens is 1. The molecular formula is C28H30N2O6. The van der Waals surface area contributed by atoms with Gasteiger partial charge in [-0.15, -0.1) is 0 Å². The Balaban J connectivity index is 1.63. The minimum absolute atomic E-state index is 0.0987. The van der Waals surface area contributed by atoms with Crippen LogP contribution in [0, 0.1) is 12.8 Å². The Labute approximate surface area is 209 Å². The molecule has 2 aromatic carbocycles. The predicted octanol–water partition coefficient (Wildman–Crippen LogP) is 4.85. The molecular weight excluding hydrogens is 460 g/mol. The highest BCUT2D eigenvalue weighted by atomic mass is 16.7. The van der Waals surface area contributed by atoms with Crippen LogP contribution in [0.2, 0.25) is 0 Å². The summed E-state index contributed by atoms with van der Waals surface area (Å²) >= 11 is 0. The van der Waals surface area contributed by atoms with Gasteiger partial charge in [-0.3, -0.25) is 9.59 Å². The van der Waals surface area contributed by atoms with Crippen molar-refractivity contribution in [1.82, 2.24) is 9.47 Å². The van der Waals surface area contributed by atoms with Crippen molar-refractivity contribution in [2.24, 2.45) is 5.92 Å². The van der Waals surface area contributed by atoms with Gasteiger partial charge >= 0.3 is 18.0 Å². The number of likely N-dealkylation sites (tertiary alicyclic amines) is 1. The fraction of sp³-hybridized carbons (Fsp3) is 0.393. The van der Waals surface area contributed by atoms with Crippen LogP contribution in [0.25, 0.3) is 10.9 Å². The second-order valence-corrected chi connectivity index (χ2v) is 10.1. The van der Waals surface area contributed by atoms with Crippen molar-refractivity contribution in [1.29, 1.82) is 0 Å². The number of carboxylic acid groups (broad SMARTS) is 1. The number of ether oxygens (including phenoxy) is 2. The van der Waals surface area contributed by atoms with Crippen LogP contribution < -0.4 is 0 Å². The third kappa shape index (κ3) is 4.32. The standard InChI is InChI=1S/C28H30N2O6/c1-17-7-6-8-18(15-17)23(24-25(31)35-28(2,3)36-26(24)32)21-16-30(22-10-5-4-9-20(21)22)19-11-13-29(14-12-19)27(33)34/h4-10,15-16,19,23-24H,11-14H2,1-3H3,(H,33,34). The molecule has 8 nitrogen and oxygen atoms in total. The topological polar surface area (TPSA) is 98.1 Å². The van der Waals surface area contributed by atoms with Crippen LogP contribution in [0.1, 0.15) is 55.3 Å². The molecule has 0 saturated carbocycles. The van der Waals surface area contributed by atoms with Crippen LogP contribution in [0.3, 0.4) is 0 Å². The second kappa shape index (κ2) is 9.00. The summed E-state index contributed by atoms with van der Waals surface area (Å²) in [7, 11) is 0. The van der Waals surface area contributed by atoms with Gasteiger partial charge in [-0.2, -0.15) is 0 Å². The van der Waals surface area contributed by atoms with Gasteiger partial charge in [-0.25, -0.2) is 4.79 Å². The molecule has 5 rings (SSSR count). The number of hydrogen-bond acceptors (Lipinski definition) is 5. The molecule has 0 radical (unpaired) electrons. The highest BCUT2D eigenvalue weighted by Gasteiger charge is 2.49. The Morgan fingerprint density at radius 1 is 1.03 bits per heavy atom. The minimum Gasteiger partial charge on any atom is -0.465 e. The number of carbonyl (C=O) groups is 3. The molecule has 1 unspecified atom stereocenters. The molecule has 2 fully saturated rings. The molecule has 1 atom stereocenters. The van der Waals surface area contributed by atoms with Gasteiger partial charge in [0.1, 0.15) is 0 Å². The van der Waals surface area contributed by atoms with Gasteiger partial charge in [-0.05, 0) is 37.0 Å². The lowest BCUT2D eigenvalue weighted by atomic mass is 9.79. The Morgan fingerprint density at radius 2 is 1.69 bits per heavy atom. The van der Waals surface area contributed by atoms with Crippen molar-refractivity contribution in [3.05, 3.63) is 71.4 Å². The average Bonchev–Trinajstić information content (AvgIpc) is 3.20. The van der Waals surface area contributed by atoms with Gasteiger partial charge in [-0.1, -0.05) is 48.0 Å². The first-order chi connectivity index (χ1) is 17.1. The van der Waals surface area contributed by atoms with E-state index in [1.54, 1.807) is 13.8 Å². The molecule has 36 heavy (non-hydrogen) atoms. The maximum Gasteiger partial charge on any atom is 0.407 e. The number of nitrogens with zero attached hydrogens (tertiary/aromatic N) is 2. The number of esters is 2. The van der Waals surface area contributed by atoms with E-state index in [4.69, 9.17) is 9.47 Å². The van der Waals surface area contributed by atoms with Crippen molar-refractivity contribution < 1.29 is 29.0 Å². The SMILES string of the molecule is Cc1cccc(C(c2cn(C3CCN(C(=O)O)CC3)c3ccccc23)C2C(=O)OC(C)(C)OC2=O)c1. The van der Waals surface area contributed by atoms with Gasteiger partial charge < -0.3 is 24.0 Å². The summed E-state index contributed by atoms with van der Waals surface area (Å²) < 4.78 is 13.2. The number of piperidine rings is 1. The van der Waals surface area contributed by atoms with E-state index in [0.717, 1.165) is 27.6 Å². The van der Waals surface area contributed by atoms with E-state index in [9.17, 15) is 19.5 Å². The quantitative estimate of drug-likeness (QED) is 0.415. The van der Waals surface area contributed by atoms with E-state index in [0.29, 0.717) is 25.9 Å². The molecule has 0 aliphatic carbocycles. The highest BCUT2D eigenvalue weighted by molar-refractivity contribution is 5.99. The molecule has 2 saturated heterocycles. The lowest BCUT2D eigenvalue weighted by Gasteiger charge is -2.36. The zero-order valence-electron chi connectivity index (χ0n) is 20.6. The first-order valence-corrected chi connectivity index (χ1v) is 12.2. The third-order valence-electron chi connectivity index (χ3n) is 7.17. The zero-order valence-corrected chi connectivity index (χ0v) is 20.6. The van der Waals surface area contributed by atoms with Crippen LogP contribution in [-0.2, 0) is 19.1 Å². The molecule has 1 amide bonds. The van der Waals surface area contributed by atoms with E-state index in [1.807, 2.05) is 61.7 Å². The number of fused-ring (bicyclic) bond motifs is 1. The van der Waals surface area contributed by atoms with Gasteiger partial charge in [0.05, 0.1) is 0 Å². The smallest absolute Gasteiger partial charge is 0.407 e. The molecule has 8 heteroatoms. The van der Waals surface area contributed by atoms with Crippen LogP contribution in [0.4, 0.5) is 4.79 Å². The first kappa shape index (κ1) is 23.9. The molecule has 1 N–H and O–H groups in total. The Bertz CT molecular complexity index is 1310. The zero-order chi connectivity index (χ0) is 25.6. The molecule has 0 bridgehead atoms. The van der Waals surface area contributed by atoms with Crippen LogP contribution >= 0.6 is 0 Å². The van der Waals surface area contributed by atoms with Crippen molar-refractivity contribution in [3.8, 4) is 0 Å². The van der Waals surface area contributed by atoms with Crippen molar-refractivity contribution in [2.75, 3.05) is 13.1 Å². The van der Waals surface area contributed by atoms with E-state index in [1.165, 1.54) is 4.90 Å². The van der Waals surface area contributed by atoms with Gasteiger partial charge in [0.2, 0.25) is 0 Å². The number of aryl methyl sites for hydroxylation is 1. The van der Waals surface area contributed by atoms with Gasteiger partial charge in [0.25, 0.3) is 5.79 Å². The van der Waals surface area contributed by atoms with Crippen LogP contribution in [0.15, 0.2) is 54.7 Å². The molecule has 188 valence electrons. The van der Waals surface area contributed by atoms with Crippen LogP contribution in [-0.4, -0.2) is 51.5 Å². The fourth-order valence-electron chi connectivity index (χ4n) is 5.53. The Morgan fingerprint density at radius 3 is 2.33 bits per heavy atom. The van der Waals surface area contributed by atoms with E-state index < -0.39 is 35.7 Å². The Hall–Kier alpha value is -3.81. The summed E-state index contributed by atoms with van der Waals surface area (Å²) in [5.41, 5.74) is 3.67. The predicted molar refractivity (Wildman–Crippen MR) is 133 cm³/mol. The maximum atomic E-state index is 13.2. The van der Waals surface area contributed by atoms with Crippen molar-refractivity contribution in [2.45, 2.75) is 51.4 Å². The minimum atomic E-state index is -1.31. The number of carbonyl (C=O) groups excluding carboxylic acids is 2. The average molecular weight is 491 g/mol. The van der Waals surface area contributed by atoms with Crippen LogP contribution in [0.5, 0.6) is 0 Å². The largest absolute Gasteiger partial charge is 0.465 e. The molecule has 0 spiro atoms. The molecule has 3 heterocycles. The van der Waals surface area contributed by atoms with E-state index >= 15 is 0 Å². The van der Waals surface area contributed by atoms with Gasteiger partial charge in [0.15, 0.2) is 5.92 Å². The van der Waals surface area contributed by atoms with Crippen molar-refractivity contribution >= 4 is 28.9 Å². The number of hydrogen-bond donors (Lipinski definition) is 1. The summed E-state index contributed by atoms with van der Waals surface area (Å²) in [4.78, 5) is 39.3. The summed E-state index contributed by atoms with van der Waals surface area (Å²) in [6.45, 7) is 5.99. The lowest BCUT2D eigenvalue weighted by Crippen LogP contribution is -2.48. The number of amides is 1. The molecule has 2 aliphatic rings. The summed E-state index contributed by atoms with van der Waals surface area (Å²) in [6, 6.07) is 15.8. The number of para-hydroxylation sites is 1. The number of benzene rings is 2. The molecule has 1 aromatic heterocycles. The number of rotatable bonds is 4. The number of cyclic esters (lactones) is 2. The second-order valence-electron chi connectivity index (χ2n) is 10.1. The maximum absolute atomic E-state index is 13.2. The molecule has 3 aromatic rings. The van der Waals surface area contributed by atoms with E-state index in [-0.39, 0.29) is 6.04 Å². The fourth-order valence-corrected chi connectivity index (χ4v) is 5.53. The Kier molecular flexibility index (Phi) is 5.98. The summed E-state index contributed by atoms with van der Waals surface area (Å²) in [6.07, 6.45) is 2.49. The lowest BCUT2D eigenvalue weighted by molar-refractivity contribution is -0.240. The molecule has 2 aliphatic heterocycles. The van der Waals surface area contributed by atoms with Crippen molar-refractivity contribution in [3.63, 3.8) is 0 Å². The third-order valence-corrected chi connectivity index (χ3v) is 7.17. The highest BCUT2D eigenvalue weighted by Crippen LogP contribution is 2.43. The monoisotopic (exact) mass is 490 g/mol. The summed E-state index contributed by atoms with van der Waals surface area (Å²) in [5.74, 6) is -4.27. The normalized spacial score (nSPS) is 19.7. The van der Waals surface area contributed by atoms with Gasteiger partial charge in [0, 0.05) is 56.0 Å². The summed E-state index contributed by atoms with van der Waals surface area (Å²) in [5, 5.41) is 10.3. The van der Waals surface area contributed by atoms with E-state index in [2.05, 4.69) is 4.57 Å².